The lowest BCUT2D eigenvalue weighted by atomic mass is 10.2. The number of nitrogens with one attached hydrogen (secondary N) is 2. The van der Waals surface area contributed by atoms with Gasteiger partial charge in [0.1, 0.15) is 0 Å². The Balaban J connectivity index is 1.90. The van der Waals surface area contributed by atoms with Crippen LogP contribution in [0, 0.1) is 0 Å². The maximum Gasteiger partial charge on any atom is 0.215 e. The molecule has 1 aromatic heterocycles. The first-order valence-corrected chi connectivity index (χ1v) is 7.53. The van der Waals surface area contributed by atoms with Crippen LogP contribution in [0.25, 0.3) is 0 Å². The standard InChI is InChI=1S/C10H12ClN5O2S/c11-9-4-2-1-3-8(9)7-19(17,18)12-6-5-10-13-15-16-14-10/h1-4,12H,5-7H2,(H,13,14,15,16). The van der Waals surface area contributed by atoms with Gasteiger partial charge in [-0.1, -0.05) is 35.0 Å². The molecule has 0 atom stereocenters. The second-order valence-corrected chi connectivity index (χ2v) is 6.04. The first-order chi connectivity index (χ1) is 9.07. The molecule has 0 aliphatic rings. The van der Waals surface area contributed by atoms with Crippen LogP contribution in [0.5, 0.6) is 0 Å². The van der Waals surface area contributed by atoms with Gasteiger partial charge >= 0.3 is 0 Å². The van der Waals surface area contributed by atoms with E-state index >= 15 is 0 Å². The van der Waals surface area contributed by atoms with Crippen LogP contribution in [0.15, 0.2) is 24.3 Å². The molecule has 0 radical (unpaired) electrons. The van der Waals surface area contributed by atoms with Gasteiger partial charge in [0, 0.05) is 18.0 Å². The Labute approximate surface area is 115 Å². The van der Waals surface area contributed by atoms with Crippen molar-refractivity contribution in [2.75, 3.05) is 6.54 Å². The first-order valence-electron chi connectivity index (χ1n) is 5.50. The van der Waals surface area contributed by atoms with E-state index in [1.165, 1.54) is 0 Å². The van der Waals surface area contributed by atoms with E-state index in [-0.39, 0.29) is 12.3 Å². The van der Waals surface area contributed by atoms with E-state index in [4.69, 9.17) is 11.6 Å². The van der Waals surface area contributed by atoms with Gasteiger partial charge in [-0.05, 0) is 11.6 Å². The smallest absolute Gasteiger partial charge is 0.214 e. The Bertz CT molecular complexity index is 629. The fourth-order valence-corrected chi connectivity index (χ4v) is 2.94. The van der Waals surface area contributed by atoms with E-state index in [0.717, 1.165) is 0 Å². The zero-order chi connectivity index (χ0) is 13.7. The zero-order valence-electron chi connectivity index (χ0n) is 9.88. The molecule has 2 aromatic rings. The number of tetrazole rings is 1. The molecule has 7 nitrogen and oxygen atoms in total. The van der Waals surface area contributed by atoms with Gasteiger partial charge in [-0.3, -0.25) is 0 Å². The molecule has 19 heavy (non-hydrogen) atoms. The van der Waals surface area contributed by atoms with Gasteiger partial charge in [0.25, 0.3) is 0 Å². The van der Waals surface area contributed by atoms with E-state index in [9.17, 15) is 8.42 Å². The highest BCUT2D eigenvalue weighted by Gasteiger charge is 2.13. The summed E-state index contributed by atoms with van der Waals surface area (Å²) in [5, 5.41) is 13.6. The number of rotatable bonds is 6. The molecule has 0 saturated carbocycles. The van der Waals surface area contributed by atoms with Crippen LogP contribution >= 0.6 is 11.6 Å². The predicted octanol–water partition coefficient (Wildman–Crippen LogP) is 0.515. The summed E-state index contributed by atoms with van der Waals surface area (Å²) in [6.45, 7) is 0.215. The topological polar surface area (TPSA) is 101 Å². The van der Waals surface area contributed by atoms with Crippen molar-refractivity contribution < 1.29 is 8.42 Å². The van der Waals surface area contributed by atoms with Gasteiger partial charge in [0.05, 0.1) is 5.75 Å². The number of nitrogens with zero attached hydrogens (tertiary/aromatic N) is 3. The second-order valence-electron chi connectivity index (χ2n) is 3.82. The Kier molecular flexibility index (Phi) is 4.46. The minimum atomic E-state index is -3.43. The molecule has 0 saturated heterocycles. The largest absolute Gasteiger partial charge is 0.215 e. The fraction of sp³-hybridized carbons (Fsp3) is 0.300. The first kappa shape index (κ1) is 13.9. The predicted molar refractivity (Wildman–Crippen MR) is 70.0 cm³/mol. The normalized spacial score (nSPS) is 11.6. The second kappa shape index (κ2) is 6.09. The molecule has 102 valence electrons. The summed E-state index contributed by atoms with van der Waals surface area (Å²) in [6, 6.07) is 6.84. The highest BCUT2D eigenvalue weighted by molar-refractivity contribution is 7.88. The van der Waals surface area contributed by atoms with Gasteiger partial charge in [-0.15, -0.1) is 10.2 Å². The van der Waals surface area contributed by atoms with E-state index in [2.05, 4.69) is 25.3 Å². The monoisotopic (exact) mass is 301 g/mol. The van der Waals surface area contributed by atoms with Crippen molar-refractivity contribution in [1.82, 2.24) is 25.3 Å². The number of hydrogen-bond acceptors (Lipinski definition) is 5. The van der Waals surface area contributed by atoms with Crippen molar-refractivity contribution in [2.24, 2.45) is 0 Å². The average Bonchev–Trinajstić information content (AvgIpc) is 2.85. The molecule has 0 unspecified atom stereocenters. The van der Waals surface area contributed by atoms with Crippen LogP contribution < -0.4 is 4.72 Å². The van der Waals surface area contributed by atoms with Gasteiger partial charge in [-0.25, -0.2) is 13.1 Å². The lowest BCUT2D eigenvalue weighted by Crippen LogP contribution is -2.27. The molecule has 1 aromatic carbocycles. The van der Waals surface area contributed by atoms with Crippen LogP contribution in [-0.2, 0) is 22.2 Å². The van der Waals surface area contributed by atoms with Crippen molar-refractivity contribution in [3.05, 3.63) is 40.7 Å². The highest BCUT2D eigenvalue weighted by atomic mass is 35.5. The van der Waals surface area contributed by atoms with Crippen molar-refractivity contribution in [2.45, 2.75) is 12.2 Å². The van der Waals surface area contributed by atoms with Gasteiger partial charge in [0.15, 0.2) is 5.82 Å². The SMILES string of the molecule is O=S(=O)(Cc1ccccc1Cl)NCCc1nn[nH]n1. The summed E-state index contributed by atoms with van der Waals surface area (Å²) in [7, 11) is -3.43. The lowest BCUT2D eigenvalue weighted by Gasteiger charge is -2.06. The van der Waals surface area contributed by atoms with Crippen LogP contribution in [0.4, 0.5) is 0 Å². The quantitative estimate of drug-likeness (QED) is 0.810. The van der Waals surface area contributed by atoms with Gasteiger partial charge < -0.3 is 0 Å². The maximum absolute atomic E-state index is 11.8. The number of hydrogen-bond donors (Lipinski definition) is 2. The van der Waals surface area contributed by atoms with Gasteiger partial charge in [0.2, 0.25) is 10.0 Å². The van der Waals surface area contributed by atoms with E-state index < -0.39 is 10.0 Å². The Morgan fingerprint density at radius 3 is 2.79 bits per heavy atom. The maximum atomic E-state index is 11.8. The summed E-state index contributed by atoms with van der Waals surface area (Å²) in [5.74, 6) is 0.305. The van der Waals surface area contributed by atoms with Crippen molar-refractivity contribution in [3.8, 4) is 0 Å². The molecule has 0 aliphatic carbocycles. The third kappa shape index (κ3) is 4.27. The lowest BCUT2D eigenvalue weighted by molar-refractivity contribution is 0.580. The van der Waals surface area contributed by atoms with Crippen LogP contribution in [-0.4, -0.2) is 35.6 Å². The Morgan fingerprint density at radius 1 is 1.32 bits per heavy atom. The molecular formula is C10H12ClN5O2S. The van der Waals surface area contributed by atoms with Crippen molar-refractivity contribution in [3.63, 3.8) is 0 Å². The van der Waals surface area contributed by atoms with E-state index in [1.807, 2.05) is 0 Å². The minimum Gasteiger partial charge on any atom is -0.214 e. The van der Waals surface area contributed by atoms with Crippen LogP contribution in [0.1, 0.15) is 11.4 Å². The molecule has 1 heterocycles. The molecule has 0 spiro atoms. The van der Waals surface area contributed by atoms with Crippen molar-refractivity contribution >= 4 is 21.6 Å². The number of H-pyrrole nitrogens is 1. The molecule has 0 amide bonds. The molecule has 2 N–H and O–H groups in total. The van der Waals surface area contributed by atoms with Gasteiger partial charge in [-0.2, -0.15) is 5.21 Å². The fourth-order valence-electron chi connectivity index (χ4n) is 1.48. The Hall–Kier alpha value is -1.51. The highest BCUT2D eigenvalue weighted by Crippen LogP contribution is 2.17. The molecule has 0 aliphatic heterocycles. The Morgan fingerprint density at radius 2 is 2.11 bits per heavy atom. The molecule has 0 bridgehead atoms. The third-order valence-electron chi connectivity index (χ3n) is 2.36. The summed E-state index contributed by atoms with van der Waals surface area (Å²) in [5.41, 5.74) is 0.566. The molecule has 2 rings (SSSR count). The molecule has 9 heteroatoms. The molecule has 0 fully saturated rings. The minimum absolute atomic E-state index is 0.154. The summed E-state index contributed by atoms with van der Waals surface area (Å²) in [6.07, 6.45) is 0.373. The summed E-state index contributed by atoms with van der Waals surface area (Å²) in [4.78, 5) is 0. The zero-order valence-corrected chi connectivity index (χ0v) is 11.4. The van der Waals surface area contributed by atoms with Crippen LogP contribution in [0.3, 0.4) is 0 Å². The summed E-state index contributed by atoms with van der Waals surface area (Å²) < 4.78 is 26.2. The van der Waals surface area contributed by atoms with Crippen molar-refractivity contribution in [1.29, 1.82) is 0 Å². The number of halogens is 1. The third-order valence-corrected chi connectivity index (χ3v) is 4.07. The van der Waals surface area contributed by atoms with E-state index in [1.54, 1.807) is 24.3 Å². The number of sulfonamides is 1. The number of benzene rings is 1. The average molecular weight is 302 g/mol. The van der Waals surface area contributed by atoms with E-state index in [0.29, 0.717) is 22.8 Å². The number of aromatic nitrogens is 4. The number of aromatic amines is 1. The summed E-state index contributed by atoms with van der Waals surface area (Å²) >= 11 is 5.92. The van der Waals surface area contributed by atoms with Crippen LogP contribution in [0.2, 0.25) is 5.02 Å². The molecular weight excluding hydrogens is 290 g/mol.